The lowest BCUT2D eigenvalue weighted by atomic mass is 9.96. The van der Waals surface area contributed by atoms with E-state index in [1.54, 1.807) is 6.08 Å². The summed E-state index contributed by atoms with van der Waals surface area (Å²) in [5, 5.41) is 3.30. The predicted molar refractivity (Wildman–Crippen MR) is 72.0 cm³/mol. The zero-order valence-electron chi connectivity index (χ0n) is 10.5. The molecule has 1 atom stereocenters. The summed E-state index contributed by atoms with van der Waals surface area (Å²) in [5.74, 6) is -0.244. The molecule has 0 aromatic heterocycles. The van der Waals surface area contributed by atoms with Crippen LogP contribution in [0.4, 0.5) is 0 Å². The second-order valence-corrected chi connectivity index (χ2v) is 4.05. The molecule has 0 fully saturated rings. The highest BCUT2D eigenvalue weighted by Crippen LogP contribution is 2.29. The van der Waals surface area contributed by atoms with E-state index in [1.807, 2.05) is 37.3 Å². The number of carbonyl (C=O) groups is 1. The van der Waals surface area contributed by atoms with Crippen molar-refractivity contribution in [3.8, 4) is 0 Å². The van der Waals surface area contributed by atoms with E-state index in [2.05, 4.69) is 11.9 Å². The van der Waals surface area contributed by atoms with Crippen molar-refractivity contribution in [1.29, 1.82) is 0 Å². The monoisotopic (exact) mass is 243 g/mol. The maximum atomic E-state index is 11.9. The fourth-order valence-electron chi connectivity index (χ4n) is 2.17. The second-order valence-electron chi connectivity index (χ2n) is 4.05. The average Bonchev–Trinajstić information content (AvgIpc) is 2.88. The van der Waals surface area contributed by atoms with Gasteiger partial charge in [-0.1, -0.05) is 43.0 Å². The molecule has 94 valence electrons. The molecule has 0 bridgehead atoms. The van der Waals surface area contributed by atoms with Crippen LogP contribution in [0, 0.1) is 0 Å². The summed E-state index contributed by atoms with van der Waals surface area (Å²) in [6.45, 7) is 6.70. The molecule has 1 heterocycles. The van der Waals surface area contributed by atoms with Crippen molar-refractivity contribution in [2.24, 2.45) is 0 Å². The summed E-state index contributed by atoms with van der Waals surface area (Å²) < 4.78 is 5.08. The van der Waals surface area contributed by atoms with Crippen LogP contribution in [0.1, 0.15) is 24.1 Å². The first-order valence-electron chi connectivity index (χ1n) is 6.09. The lowest BCUT2D eigenvalue weighted by Gasteiger charge is -2.17. The lowest BCUT2D eigenvalue weighted by molar-refractivity contribution is -0.138. The fraction of sp³-hybridized carbons (Fsp3) is 0.267. The molecule has 0 amide bonds. The zero-order chi connectivity index (χ0) is 13.0. The van der Waals surface area contributed by atoms with Gasteiger partial charge in [0, 0.05) is 6.54 Å². The number of rotatable bonds is 4. The van der Waals surface area contributed by atoms with E-state index in [-0.39, 0.29) is 12.0 Å². The van der Waals surface area contributed by atoms with Gasteiger partial charge in [0.05, 0.1) is 18.2 Å². The van der Waals surface area contributed by atoms with Crippen molar-refractivity contribution in [3.05, 3.63) is 53.6 Å². The fourth-order valence-corrected chi connectivity index (χ4v) is 2.17. The van der Waals surface area contributed by atoms with Crippen molar-refractivity contribution in [1.82, 2.24) is 5.32 Å². The number of benzene rings is 1. The van der Waals surface area contributed by atoms with Gasteiger partial charge in [0.15, 0.2) is 0 Å². The molecule has 18 heavy (non-hydrogen) atoms. The standard InChI is InChI=1S/C15H17NO2/c1-3-11-7-5-6-8-12(11)14-13(9-10-16-14)15(17)18-4-2/h3,5-9,14,16H,1,4,10H2,2H3/t14-/m0/s1. The van der Waals surface area contributed by atoms with E-state index in [4.69, 9.17) is 4.74 Å². The van der Waals surface area contributed by atoms with E-state index < -0.39 is 0 Å². The minimum atomic E-state index is -0.244. The molecule has 2 rings (SSSR count). The predicted octanol–water partition coefficient (Wildman–Crippen LogP) is 2.46. The highest BCUT2D eigenvalue weighted by atomic mass is 16.5. The third kappa shape index (κ3) is 2.36. The number of carbonyl (C=O) groups excluding carboxylic acids is 1. The molecular weight excluding hydrogens is 226 g/mol. The lowest BCUT2D eigenvalue weighted by Crippen LogP contribution is -2.21. The third-order valence-corrected chi connectivity index (χ3v) is 2.99. The van der Waals surface area contributed by atoms with Crippen molar-refractivity contribution in [3.63, 3.8) is 0 Å². The molecule has 0 spiro atoms. The van der Waals surface area contributed by atoms with Crippen LogP contribution in [0.15, 0.2) is 42.5 Å². The largest absolute Gasteiger partial charge is 0.463 e. The van der Waals surface area contributed by atoms with E-state index in [0.717, 1.165) is 11.1 Å². The number of ether oxygens (including phenoxy) is 1. The molecule has 1 aliphatic heterocycles. The molecule has 3 nitrogen and oxygen atoms in total. The van der Waals surface area contributed by atoms with E-state index >= 15 is 0 Å². The van der Waals surface area contributed by atoms with Gasteiger partial charge in [-0.05, 0) is 18.1 Å². The van der Waals surface area contributed by atoms with Gasteiger partial charge in [0.1, 0.15) is 0 Å². The van der Waals surface area contributed by atoms with Crippen LogP contribution in [0.2, 0.25) is 0 Å². The normalized spacial score (nSPS) is 18.3. The van der Waals surface area contributed by atoms with Gasteiger partial charge in [-0.25, -0.2) is 4.79 Å². The summed E-state index contributed by atoms with van der Waals surface area (Å²) >= 11 is 0. The Kier molecular flexibility index (Phi) is 3.95. The summed E-state index contributed by atoms with van der Waals surface area (Å²) in [6, 6.07) is 7.82. The SMILES string of the molecule is C=Cc1ccccc1[C@@H]1NCC=C1C(=O)OCC. The summed E-state index contributed by atoms with van der Waals surface area (Å²) in [5.41, 5.74) is 2.78. The molecule has 0 saturated heterocycles. The molecule has 1 aromatic rings. The molecule has 3 heteroatoms. The average molecular weight is 243 g/mol. The molecule has 1 N–H and O–H groups in total. The molecule has 0 radical (unpaired) electrons. The quantitative estimate of drug-likeness (QED) is 0.826. The number of hydrogen-bond acceptors (Lipinski definition) is 3. The Morgan fingerprint density at radius 3 is 3.06 bits per heavy atom. The van der Waals surface area contributed by atoms with Crippen molar-refractivity contribution in [2.45, 2.75) is 13.0 Å². The number of esters is 1. The first-order valence-corrected chi connectivity index (χ1v) is 6.09. The van der Waals surface area contributed by atoms with Gasteiger partial charge in [-0.3, -0.25) is 0 Å². The topological polar surface area (TPSA) is 38.3 Å². The van der Waals surface area contributed by atoms with Crippen LogP contribution in [0.5, 0.6) is 0 Å². The first kappa shape index (κ1) is 12.6. The molecule has 0 aliphatic carbocycles. The first-order chi connectivity index (χ1) is 8.77. The van der Waals surface area contributed by atoms with Gasteiger partial charge in [0.25, 0.3) is 0 Å². The minimum Gasteiger partial charge on any atom is -0.463 e. The van der Waals surface area contributed by atoms with Crippen LogP contribution in [0.3, 0.4) is 0 Å². The van der Waals surface area contributed by atoms with Gasteiger partial charge < -0.3 is 10.1 Å². The number of nitrogens with one attached hydrogen (secondary N) is 1. The van der Waals surface area contributed by atoms with E-state index in [9.17, 15) is 4.79 Å². The Hall–Kier alpha value is -1.87. The van der Waals surface area contributed by atoms with Crippen LogP contribution < -0.4 is 5.32 Å². The van der Waals surface area contributed by atoms with Crippen molar-refractivity contribution >= 4 is 12.0 Å². The Bertz CT molecular complexity index is 491. The van der Waals surface area contributed by atoms with Gasteiger partial charge in [0.2, 0.25) is 0 Å². The smallest absolute Gasteiger partial charge is 0.335 e. The Morgan fingerprint density at radius 2 is 2.33 bits per heavy atom. The Balaban J connectivity index is 2.30. The van der Waals surface area contributed by atoms with Gasteiger partial charge in [-0.15, -0.1) is 0 Å². The molecule has 1 aromatic carbocycles. The maximum absolute atomic E-state index is 11.9. The van der Waals surface area contributed by atoms with Crippen molar-refractivity contribution in [2.75, 3.05) is 13.2 Å². The van der Waals surface area contributed by atoms with Crippen LogP contribution in [-0.2, 0) is 9.53 Å². The minimum absolute atomic E-state index is 0.0988. The van der Waals surface area contributed by atoms with E-state index in [1.165, 1.54) is 0 Å². The zero-order valence-corrected chi connectivity index (χ0v) is 10.5. The maximum Gasteiger partial charge on any atom is 0.335 e. The molecule has 0 saturated carbocycles. The summed E-state index contributed by atoms with van der Waals surface area (Å²) in [4.78, 5) is 11.9. The summed E-state index contributed by atoms with van der Waals surface area (Å²) in [6.07, 6.45) is 3.70. The molecule has 0 unspecified atom stereocenters. The van der Waals surface area contributed by atoms with Crippen molar-refractivity contribution < 1.29 is 9.53 Å². The van der Waals surface area contributed by atoms with Gasteiger partial charge in [-0.2, -0.15) is 0 Å². The van der Waals surface area contributed by atoms with Crippen LogP contribution >= 0.6 is 0 Å². The number of hydrogen-bond donors (Lipinski definition) is 1. The second kappa shape index (κ2) is 5.65. The Labute approximate surface area is 107 Å². The molecular formula is C15H17NO2. The third-order valence-electron chi connectivity index (χ3n) is 2.99. The van der Waals surface area contributed by atoms with Gasteiger partial charge >= 0.3 is 5.97 Å². The van der Waals surface area contributed by atoms with Crippen LogP contribution in [-0.4, -0.2) is 19.1 Å². The molecule has 1 aliphatic rings. The summed E-state index contributed by atoms with van der Waals surface area (Å²) in [7, 11) is 0. The highest BCUT2D eigenvalue weighted by molar-refractivity contribution is 5.91. The van der Waals surface area contributed by atoms with E-state index in [0.29, 0.717) is 18.7 Å². The Morgan fingerprint density at radius 1 is 1.56 bits per heavy atom. The highest BCUT2D eigenvalue weighted by Gasteiger charge is 2.27. The van der Waals surface area contributed by atoms with Crippen LogP contribution in [0.25, 0.3) is 6.08 Å².